The summed E-state index contributed by atoms with van der Waals surface area (Å²) in [6, 6.07) is 7.52. The van der Waals surface area contributed by atoms with E-state index in [1.165, 1.54) is 51.4 Å². The zero-order chi connectivity index (χ0) is 22.3. The van der Waals surface area contributed by atoms with Crippen LogP contribution in [0.5, 0.6) is 0 Å². The lowest BCUT2D eigenvalue weighted by Gasteiger charge is -2.40. The molecule has 1 aromatic rings. The summed E-state index contributed by atoms with van der Waals surface area (Å²) in [6.07, 6.45) is 12.1. The summed E-state index contributed by atoms with van der Waals surface area (Å²) in [5, 5.41) is 9.68. The Morgan fingerprint density at radius 3 is 2.03 bits per heavy atom. The molecule has 2 aliphatic rings. The van der Waals surface area contributed by atoms with Gasteiger partial charge in [-0.1, -0.05) is 62.8 Å². The number of aliphatic carboxylic acids is 1. The minimum absolute atomic E-state index is 0.0505. The summed E-state index contributed by atoms with van der Waals surface area (Å²) in [5.74, 6) is 0.339. The molecule has 1 atom stereocenters. The van der Waals surface area contributed by atoms with E-state index in [1.54, 1.807) is 12.1 Å². The summed E-state index contributed by atoms with van der Waals surface area (Å²) in [4.78, 5) is 32.6. The van der Waals surface area contributed by atoms with Gasteiger partial charge in [-0.15, -0.1) is 0 Å². The predicted octanol–water partition coefficient (Wildman–Crippen LogP) is 5.17. The molecule has 2 aliphatic carbocycles. The number of rotatable bonds is 10. The SMILES string of the molecule is O=C(O)CC(C1CCCCC1)N(Cc1ccc(CP(=O)(O)O)cc1)CC1CCCCC1. The number of hydrogen-bond acceptors (Lipinski definition) is 3. The third-order valence-corrected chi connectivity index (χ3v) is 7.84. The second-order valence-corrected chi connectivity index (χ2v) is 11.3. The minimum Gasteiger partial charge on any atom is -0.481 e. The zero-order valence-electron chi connectivity index (χ0n) is 18.5. The number of nitrogens with zero attached hydrogens (tertiary/aromatic N) is 1. The highest BCUT2D eigenvalue weighted by atomic mass is 31.2. The van der Waals surface area contributed by atoms with Crippen molar-refractivity contribution in [2.45, 2.75) is 89.4 Å². The summed E-state index contributed by atoms with van der Waals surface area (Å²) < 4.78 is 11.3. The maximum atomic E-state index is 11.8. The van der Waals surface area contributed by atoms with Crippen molar-refractivity contribution >= 4 is 13.6 Å². The molecule has 6 nitrogen and oxygen atoms in total. The van der Waals surface area contributed by atoms with E-state index in [9.17, 15) is 24.3 Å². The number of carboxylic acids is 1. The number of benzene rings is 1. The van der Waals surface area contributed by atoms with Crippen LogP contribution >= 0.6 is 7.60 Å². The molecule has 0 bridgehead atoms. The smallest absolute Gasteiger partial charge is 0.329 e. The summed E-state index contributed by atoms with van der Waals surface area (Å²) in [7, 11) is -4.08. The van der Waals surface area contributed by atoms with Crippen molar-refractivity contribution in [3.05, 3.63) is 35.4 Å². The van der Waals surface area contributed by atoms with E-state index in [1.807, 2.05) is 12.1 Å². The van der Waals surface area contributed by atoms with Gasteiger partial charge in [0.1, 0.15) is 0 Å². The lowest BCUT2D eigenvalue weighted by molar-refractivity contribution is -0.139. The van der Waals surface area contributed by atoms with Crippen LogP contribution in [0.3, 0.4) is 0 Å². The zero-order valence-corrected chi connectivity index (χ0v) is 19.4. The Morgan fingerprint density at radius 1 is 0.935 bits per heavy atom. The van der Waals surface area contributed by atoms with Gasteiger partial charge in [-0.05, 0) is 48.6 Å². The van der Waals surface area contributed by atoms with E-state index in [4.69, 9.17) is 0 Å². The van der Waals surface area contributed by atoms with Gasteiger partial charge >= 0.3 is 13.6 Å². The third kappa shape index (κ3) is 8.34. The molecule has 7 heteroatoms. The van der Waals surface area contributed by atoms with Gasteiger partial charge in [-0.25, -0.2) is 0 Å². The first-order chi connectivity index (χ1) is 14.8. The van der Waals surface area contributed by atoms with E-state index in [2.05, 4.69) is 4.90 Å². The highest BCUT2D eigenvalue weighted by Crippen LogP contribution is 2.39. The van der Waals surface area contributed by atoms with Crippen LogP contribution in [0.2, 0.25) is 0 Å². The summed E-state index contributed by atoms with van der Waals surface area (Å²) in [6.45, 7) is 1.64. The van der Waals surface area contributed by atoms with Crippen LogP contribution in [-0.2, 0) is 22.1 Å². The van der Waals surface area contributed by atoms with Crippen molar-refractivity contribution < 1.29 is 24.3 Å². The van der Waals surface area contributed by atoms with Gasteiger partial charge < -0.3 is 14.9 Å². The second kappa shape index (κ2) is 11.6. The molecule has 0 saturated heterocycles. The Hall–Kier alpha value is -1.20. The molecule has 3 N–H and O–H groups in total. The lowest BCUT2D eigenvalue weighted by Crippen LogP contribution is -2.45. The van der Waals surface area contributed by atoms with Gasteiger partial charge in [-0.3, -0.25) is 14.3 Å². The normalized spacial score (nSPS) is 20.1. The van der Waals surface area contributed by atoms with Gasteiger partial charge in [-0.2, -0.15) is 0 Å². The minimum atomic E-state index is -4.08. The van der Waals surface area contributed by atoms with Crippen molar-refractivity contribution in [3.8, 4) is 0 Å². The highest BCUT2D eigenvalue weighted by molar-refractivity contribution is 7.50. The molecule has 0 radical (unpaired) electrons. The maximum Gasteiger partial charge on any atom is 0.329 e. The van der Waals surface area contributed by atoms with Gasteiger partial charge in [0.15, 0.2) is 0 Å². The average Bonchev–Trinajstić information content (AvgIpc) is 2.73. The molecule has 2 saturated carbocycles. The summed E-state index contributed by atoms with van der Waals surface area (Å²) >= 11 is 0. The monoisotopic (exact) mass is 451 g/mol. The van der Waals surface area contributed by atoms with Crippen LogP contribution in [-0.4, -0.2) is 38.3 Å². The van der Waals surface area contributed by atoms with Crippen LogP contribution in [0.4, 0.5) is 0 Å². The van der Waals surface area contributed by atoms with Crippen LogP contribution in [0.15, 0.2) is 24.3 Å². The van der Waals surface area contributed by atoms with Gasteiger partial charge in [0, 0.05) is 19.1 Å². The molecular formula is C24H38NO5P. The first-order valence-corrected chi connectivity index (χ1v) is 13.7. The van der Waals surface area contributed by atoms with Crippen LogP contribution in [0.1, 0.15) is 81.8 Å². The molecule has 1 aromatic carbocycles. The molecule has 0 aromatic heterocycles. The molecule has 31 heavy (non-hydrogen) atoms. The van der Waals surface area contributed by atoms with E-state index in [-0.39, 0.29) is 18.6 Å². The molecule has 0 amide bonds. The Labute approximate surface area is 186 Å². The highest BCUT2D eigenvalue weighted by Gasteiger charge is 2.32. The van der Waals surface area contributed by atoms with Crippen LogP contribution in [0.25, 0.3) is 0 Å². The fourth-order valence-corrected chi connectivity index (χ4v) is 6.22. The van der Waals surface area contributed by atoms with Crippen molar-refractivity contribution in [3.63, 3.8) is 0 Å². The second-order valence-electron chi connectivity index (χ2n) is 9.64. The fourth-order valence-electron chi connectivity index (χ4n) is 5.53. The van der Waals surface area contributed by atoms with Crippen molar-refractivity contribution in [1.82, 2.24) is 4.90 Å². The standard InChI is InChI=1S/C24H38NO5P/c26-24(27)15-23(22-9-5-2-6-10-22)25(16-19-7-3-1-4-8-19)17-20-11-13-21(14-12-20)18-31(28,29)30/h11-14,19,22-23H,1-10,15-18H2,(H,26,27)(H2,28,29,30). The molecular weight excluding hydrogens is 413 g/mol. The Morgan fingerprint density at radius 2 is 1.48 bits per heavy atom. The van der Waals surface area contributed by atoms with Crippen LogP contribution < -0.4 is 0 Å². The van der Waals surface area contributed by atoms with E-state index < -0.39 is 13.6 Å². The number of hydrogen-bond donors (Lipinski definition) is 3. The summed E-state index contributed by atoms with van der Waals surface area (Å²) in [5.41, 5.74) is 1.71. The van der Waals surface area contributed by atoms with Gasteiger partial charge in [0.25, 0.3) is 0 Å². The van der Waals surface area contributed by atoms with Crippen molar-refractivity contribution in [2.24, 2.45) is 11.8 Å². The Bertz CT molecular complexity index is 735. The van der Waals surface area contributed by atoms with Gasteiger partial charge in [0.05, 0.1) is 12.6 Å². The average molecular weight is 452 g/mol. The first kappa shape index (κ1) is 24.4. The van der Waals surface area contributed by atoms with E-state index in [0.717, 1.165) is 24.9 Å². The Kier molecular flexibility index (Phi) is 9.15. The molecule has 0 heterocycles. The number of carboxylic acid groups (broad SMARTS) is 1. The van der Waals surface area contributed by atoms with E-state index >= 15 is 0 Å². The molecule has 3 rings (SSSR count). The molecule has 174 valence electrons. The quantitative estimate of drug-likeness (QED) is 0.425. The predicted molar refractivity (Wildman–Crippen MR) is 122 cm³/mol. The maximum absolute atomic E-state index is 11.8. The molecule has 2 fully saturated rings. The van der Waals surface area contributed by atoms with Crippen molar-refractivity contribution in [1.29, 1.82) is 0 Å². The van der Waals surface area contributed by atoms with Gasteiger partial charge in [0.2, 0.25) is 0 Å². The molecule has 0 aliphatic heterocycles. The van der Waals surface area contributed by atoms with Crippen molar-refractivity contribution in [2.75, 3.05) is 6.54 Å². The van der Waals surface area contributed by atoms with Crippen LogP contribution in [0, 0.1) is 11.8 Å². The first-order valence-electron chi connectivity index (χ1n) is 11.9. The molecule has 0 spiro atoms. The van der Waals surface area contributed by atoms with E-state index in [0.29, 0.717) is 23.9 Å². The third-order valence-electron chi connectivity index (χ3n) is 7.06. The molecule has 1 unspecified atom stereocenters. The number of carbonyl (C=O) groups is 1. The topological polar surface area (TPSA) is 98.1 Å². The largest absolute Gasteiger partial charge is 0.481 e. The lowest BCUT2D eigenvalue weighted by atomic mass is 9.80. The Balaban J connectivity index is 1.78. The fraction of sp³-hybridized carbons (Fsp3) is 0.708.